The maximum Gasteiger partial charge on any atom is 0.326 e. The van der Waals surface area contributed by atoms with Gasteiger partial charge in [0.1, 0.15) is 6.04 Å². The van der Waals surface area contributed by atoms with E-state index in [0.29, 0.717) is 0 Å². The number of amides is 2. The number of benzene rings is 1. The second-order valence-corrected chi connectivity index (χ2v) is 4.68. The summed E-state index contributed by atoms with van der Waals surface area (Å²) in [5, 5.41) is 24.1. The van der Waals surface area contributed by atoms with Gasteiger partial charge in [-0.2, -0.15) is 0 Å². The molecule has 1 aromatic carbocycles. The van der Waals surface area contributed by atoms with Crippen LogP contribution in [0.3, 0.4) is 0 Å². The van der Waals surface area contributed by atoms with Crippen LogP contribution in [0.5, 0.6) is 0 Å². The molecule has 9 heteroatoms. The summed E-state index contributed by atoms with van der Waals surface area (Å²) in [6.45, 7) is 1.66. The summed E-state index contributed by atoms with van der Waals surface area (Å²) in [6.07, 6.45) is 0.193. The second-order valence-electron chi connectivity index (χ2n) is 4.68. The summed E-state index contributed by atoms with van der Waals surface area (Å²) in [4.78, 5) is 44.1. The molecule has 124 valence electrons. The molecule has 0 aliphatic heterocycles. The zero-order valence-corrected chi connectivity index (χ0v) is 12.4. The monoisotopic (exact) mass is 323 g/mol. The van der Waals surface area contributed by atoms with Crippen molar-refractivity contribution in [3.8, 4) is 0 Å². The topological polar surface area (TPSA) is 139 Å². The molecule has 3 N–H and O–H groups in total. The Balaban J connectivity index is 2.43. The van der Waals surface area contributed by atoms with E-state index in [4.69, 9.17) is 5.11 Å². The zero-order chi connectivity index (χ0) is 17.4. The second kappa shape index (κ2) is 8.47. The van der Waals surface area contributed by atoms with E-state index in [-0.39, 0.29) is 30.6 Å². The number of carboxylic acid groups (broad SMARTS) is 1. The minimum absolute atomic E-state index is 0.0255. The van der Waals surface area contributed by atoms with Crippen LogP contribution >= 0.6 is 0 Å². The molecule has 0 heterocycles. The molecule has 1 aromatic rings. The Morgan fingerprint density at radius 3 is 2.35 bits per heavy atom. The predicted octanol–water partition coefficient (Wildman–Crippen LogP) is 0.694. The van der Waals surface area contributed by atoms with E-state index in [1.165, 1.54) is 24.3 Å². The Morgan fingerprint density at radius 2 is 1.87 bits per heavy atom. The van der Waals surface area contributed by atoms with Crippen LogP contribution in [0.25, 0.3) is 0 Å². The van der Waals surface area contributed by atoms with Gasteiger partial charge in [0.25, 0.3) is 11.6 Å². The van der Waals surface area contributed by atoms with Crippen LogP contribution in [0, 0.1) is 10.1 Å². The SMILES string of the molecule is CCC(NC(=O)CCNC(=O)c1ccc([N+](=O)[O-])cc1)C(=O)O. The summed E-state index contributed by atoms with van der Waals surface area (Å²) >= 11 is 0. The van der Waals surface area contributed by atoms with E-state index in [0.717, 1.165) is 0 Å². The quantitative estimate of drug-likeness (QED) is 0.475. The lowest BCUT2D eigenvalue weighted by atomic mass is 10.2. The number of non-ortho nitro benzene ring substituents is 1. The molecule has 0 aliphatic carbocycles. The number of nitro benzene ring substituents is 1. The molecule has 0 radical (unpaired) electrons. The highest BCUT2D eigenvalue weighted by molar-refractivity contribution is 5.94. The van der Waals surface area contributed by atoms with Crippen LogP contribution in [0.4, 0.5) is 5.69 Å². The van der Waals surface area contributed by atoms with Crippen molar-refractivity contribution in [2.75, 3.05) is 6.54 Å². The summed E-state index contributed by atoms with van der Waals surface area (Å²) in [5.74, 6) is -2.07. The number of hydrogen-bond acceptors (Lipinski definition) is 5. The number of carbonyl (C=O) groups excluding carboxylic acids is 2. The van der Waals surface area contributed by atoms with Gasteiger partial charge < -0.3 is 15.7 Å². The molecule has 0 aromatic heterocycles. The number of rotatable bonds is 8. The van der Waals surface area contributed by atoms with Crippen LogP contribution in [-0.2, 0) is 9.59 Å². The first-order valence-electron chi connectivity index (χ1n) is 6.90. The van der Waals surface area contributed by atoms with Gasteiger partial charge in [0, 0.05) is 30.7 Å². The first-order valence-corrected chi connectivity index (χ1v) is 6.90. The normalized spacial score (nSPS) is 11.3. The fourth-order valence-electron chi connectivity index (χ4n) is 1.73. The lowest BCUT2D eigenvalue weighted by Crippen LogP contribution is -2.41. The highest BCUT2D eigenvalue weighted by Crippen LogP contribution is 2.11. The van der Waals surface area contributed by atoms with Gasteiger partial charge in [-0.25, -0.2) is 4.79 Å². The average molecular weight is 323 g/mol. The first-order chi connectivity index (χ1) is 10.8. The third kappa shape index (κ3) is 5.73. The van der Waals surface area contributed by atoms with E-state index < -0.39 is 28.7 Å². The highest BCUT2D eigenvalue weighted by atomic mass is 16.6. The van der Waals surface area contributed by atoms with Gasteiger partial charge in [-0.15, -0.1) is 0 Å². The molecule has 0 saturated heterocycles. The van der Waals surface area contributed by atoms with Crippen LogP contribution < -0.4 is 10.6 Å². The van der Waals surface area contributed by atoms with Gasteiger partial charge in [-0.3, -0.25) is 19.7 Å². The molecular formula is C14H17N3O6. The largest absolute Gasteiger partial charge is 0.480 e. The molecule has 1 unspecified atom stereocenters. The maximum atomic E-state index is 11.8. The number of hydrogen-bond donors (Lipinski definition) is 3. The minimum atomic E-state index is -1.12. The van der Waals surface area contributed by atoms with Gasteiger partial charge in [0.05, 0.1) is 4.92 Å². The van der Waals surface area contributed by atoms with Gasteiger partial charge in [0.2, 0.25) is 5.91 Å². The Bertz CT molecular complexity index is 599. The lowest BCUT2D eigenvalue weighted by molar-refractivity contribution is -0.384. The Morgan fingerprint density at radius 1 is 1.26 bits per heavy atom. The van der Waals surface area contributed by atoms with E-state index >= 15 is 0 Å². The average Bonchev–Trinajstić information content (AvgIpc) is 2.52. The van der Waals surface area contributed by atoms with Crippen molar-refractivity contribution >= 4 is 23.5 Å². The Hall–Kier alpha value is -2.97. The van der Waals surface area contributed by atoms with E-state index in [9.17, 15) is 24.5 Å². The number of nitrogens with zero attached hydrogens (tertiary/aromatic N) is 1. The number of carboxylic acids is 1. The fourth-order valence-corrected chi connectivity index (χ4v) is 1.73. The minimum Gasteiger partial charge on any atom is -0.480 e. The molecule has 0 aliphatic rings. The van der Waals surface area contributed by atoms with Gasteiger partial charge >= 0.3 is 5.97 Å². The van der Waals surface area contributed by atoms with E-state index in [1.54, 1.807) is 6.92 Å². The molecule has 0 fully saturated rings. The lowest BCUT2D eigenvalue weighted by Gasteiger charge is -2.12. The maximum absolute atomic E-state index is 11.8. The van der Waals surface area contributed by atoms with Crippen molar-refractivity contribution in [2.45, 2.75) is 25.8 Å². The molecule has 23 heavy (non-hydrogen) atoms. The van der Waals surface area contributed by atoms with Crippen molar-refractivity contribution in [3.05, 3.63) is 39.9 Å². The van der Waals surface area contributed by atoms with Crippen LogP contribution in [0.15, 0.2) is 24.3 Å². The summed E-state index contributed by atoms with van der Waals surface area (Å²) in [7, 11) is 0. The predicted molar refractivity (Wildman–Crippen MR) is 79.9 cm³/mol. The van der Waals surface area contributed by atoms with Crippen LogP contribution in [0.1, 0.15) is 30.1 Å². The van der Waals surface area contributed by atoms with Gasteiger partial charge in [-0.1, -0.05) is 6.92 Å². The summed E-state index contributed by atoms with van der Waals surface area (Å²) in [6, 6.07) is 4.09. The first kappa shape index (κ1) is 18.1. The van der Waals surface area contributed by atoms with Crippen LogP contribution in [0.2, 0.25) is 0 Å². The molecule has 0 spiro atoms. The van der Waals surface area contributed by atoms with Crippen molar-refractivity contribution in [1.82, 2.24) is 10.6 Å². The number of nitro groups is 1. The van der Waals surface area contributed by atoms with Crippen molar-refractivity contribution in [2.24, 2.45) is 0 Å². The Labute approximate surface area is 131 Å². The number of nitrogens with one attached hydrogen (secondary N) is 2. The van der Waals surface area contributed by atoms with E-state index in [2.05, 4.69) is 10.6 Å². The molecule has 2 amide bonds. The van der Waals surface area contributed by atoms with Crippen LogP contribution in [-0.4, -0.2) is 40.4 Å². The van der Waals surface area contributed by atoms with Crippen molar-refractivity contribution < 1.29 is 24.4 Å². The van der Waals surface area contributed by atoms with Crippen molar-refractivity contribution in [1.29, 1.82) is 0 Å². The van der Waals surface area contributed by atoms with Crippen molar-refractivity contribution in [3.63, 3.8) is 0 Å². The molecule has 1 rings (SSSR count). The van der Waals surface area contributed by atoms with Gasteiger partial charge in [0.15, 0.2) is 0 Å². The fraction of sp³-hybridized carbons (Fsp3) is 0.357. The highest BCUT2D eigenvalue weighted by Gasteiger charge is 2.17. The zero-order valence-electron chi connectivity index (χ0n) is 12.4. The molecule has 0 saturated carbocycles. The molecule has 1 atom stereocenters. The van der Waals surface area contributed by atoms with E-state index in [1.807, 2.05) is 0 Å². The third-order valence-electron chi connectivity index (χ3n) is 3.02. The molecule has 0 bridgehead atoms. The number of aliphatic carboxylic acids is 1. The molecule has 9 nitrogen and oxygen atoms in total. The summed E-state index contributed by atoms with van der Waals surface area (Å²) < 4.78 is 0. The molecular weight excluding hydrogens is 306 g/mol. The third-order valence-corrected chi connectivity index (χ3v) is 3.02. The number of carbonyl (C=O) groups is 3. The standard InChI is InChI=1S/C14H17N3O6/c1-2-11(14(20)21)16-12(18)7-8-15-13(19)9-3-5-10(6-4-9)17(22)23/h3-6,11H,2,7-8H2,1H3,(H,15,19)(H,16,18)(H,20,21). The summed E-state index contributed by atoms with van der Waals surface area (Å²) in [5.41, 5.74) is 0.105. The van der Waals surface area contributed by atoms with Gasteiger partial charge in [-0.05, 0) is 18.6 Å². The Kier molecular flexibility index (Phi) is 6.66. The smallest absolute Gasteiger partial charge is 0.326 e.